The molecule has 3 rings (SSSR count). The minimum Gasteiger partial charge on any atom is -0.465 e. The van der Waals surface area contributed by atoms with E-state index in [1.165, 1.54) is 4.90 Å². The van der Waals surface area contributed by atoms with E-state index in [1.54, 1.807) is 30.2 Å². The second-order valence-electron chi connectivity index (χ2n) is 8.47. The number of carbonyl (C=O) groups excluding carboxylic acids is 2. The van der Waals surface area contributed by atoms with E-state index in [-0.39, 0.29) is 29.6 Å². The first-order valence-corrected chi connectivity index (χ1v) is 11.5. The second kappa shape index (κ2) is 9.85. The van der Waals surface area contributed by atoms with Gasteiger partial charge in [0.2, 0.25) is 11.8 Å². The monoisotopic (exact) mass is 504 g/mol. The smallest absolute Gasteiger partial charge is 0.408 e. The minimum atomic E-state index is -1.12. The lowest BCUT2D eigenvalue weighted by Crippen LogP contribution is -2.45. The molecule has 2 fully saturated rings. The average Bonchev–Trinajstić information content (AvgIpc) is 3.36. The lowest BCUT2D eigenvalue weighted by Gasteiger charge is -2.24. The van der Waals surface area contributed by atoms with Crippen LogP contribution < -0.4 is 5.32 Å². The van der Waals surface area contributed by atoms with Gasteiger partial charge < -0.3 is 15.3 Å². The van der Waals surface area contributed by atoms with Crippen molar-refractivity contribution in [3.63, 3.8) is 0 Å². The summed E-state index contributed by atoms with van der Waals surface area (Å²) in [6, 6.07) is 2.42. The predicted molar refractivity (Wildman–Crippen MR) is 125 cm³/mol. The van der Waals surface area contributed by atoms with Crippen molar-refractivity contribution in [3.05, 3.63) is 47.6 Å². The van der Waals surface area contributed by atoms with Crippen LogP contribution in [-0.2, 0) is 16.0 Å². The normalized spacial score (nSPS) is 23.2. The second-order valence-corrected chi connectivity index (χ2v) is 9.29. The summed E-state index contributed by atoms with van der Waals surface area (Å²) in [6.07, 6.45) is 6.44. The van der Waals surface area contributed by atoms with E-state index in [0.717, 1.165) is 19.3 Å². The van der Waals surface area contributed by atoms with Crippen LogP contribution in [0.2, 0.25) is 0 Å². The number of hydrogen-bond acceptors (Lipinski definition) is 4. The third-order valence-corrected chi connectivity index (χ3v) is 6.80. The predicted octanol–water partition coefficient (Wildman–Crippen LogP) is 3.84. The van der Waals surface area contributed by atoms with E-state index in [9.17, 15) is 19.5 Å². The summed E-state index contributed by atoms with van der Waals surface area (Å²) in [5, 5.41) is 12.4. The molecule has 8 nitrogen and oxygen atoms in total. The fourth-order valence-corrected chi connectivity index (χ4v) is 4.64. The molecule has 0 unspecified atom stereocenters. The topological polar surface area (TPSA) is 103 Å². The van der Waals surface area contributed by atoms with Gasteiger partial charge in [0.05, 0.1) is 6.42 Å². The van der Waals surface area contributed by atoms with Gasteiger partial charge in [-0.25, -0.2) is 9.78 Å². The Hall–Kier alpha value is -2.68. The Morgan fingerprint density at radius 2 is 2.09 bits per heavy atom. The molecule has 0 bridgehead atoms. The Kier molecular flexibility index (Phi) is 7.38. The number of aromatic nitrogens is 1. The summed E-state index contributed by atoms with van der Waals surface area (Å²) < 4.78 is 0.508. The molecule has 1 aromatic rings. The van der Waals surface area contributed by atoms with Gasteiger partial charge in [-0.1, -0.05) is 18.2 Å². The van der Waals surface area contributed by atoms with Gasteiger partial charge in [0.1, 0.15) is 16.5 Å². The number of pyridine rings is 1. The van der Waals surface area contributed by atoms with E-state index in [2.05, 4.69) is 39.4 Å². The van der Waals surface area contributed by atoms with Crippen LogP contribution in [0, 0.1) is 5.41 Å². The standard InChI is InChI=1S/C23H29BrN4O4/c1-4-6-7-8-11-27(3)19(29)12-15-9-10-18(24)25-20(15)26-21(30)16-13-23(5-2)14-17(23)28(16)22(31)32/h4-5,9-10,16-17H,1-2,6-8,11-14H2,3H3,(H,31,32)(H,25,26,30)/t16-,17+,23-/m0/s1. The summed E-state index contributed by atoms with van der Waals surface area (Å²) >= 11 is 3.30. The number of hydrogen-bond donors (Lipinski definition) is 2. The number of likely N-dealkylation sites (N-methyl/N-ethyl adjacent to an activating group) is 1. The number of nitrogens with one attached hydrogen (secondary N) is 1. The van der Waals surface area contributed by atoms with Crippen LogP contribution in [0.25, 0.3) is 0 Å². The van der Waals surface area contributed by atoms with E-state index >= 15 is 0 Å². The molecule has 0 radical (unpaired) electrons. The quantitative estimate of drug-likeness (QED) is 0.286. The Morgan fingerprint density at radius 1 is 1.34 bits per heavy atom. The molecule has 32 heavy (non-hydrogen) atoms. The van der Waals surface area contributed by atoms with E-state index in [1.807, 2.05) is 6.08 Å². The maximum absolute atomic E-state index is 13.0. The van der Waals surface area contributed by atoms with Crippen LogP contribution in [0.5, 0.6) is 0 Å². The highest BCUT2D eigenvalue weighted by atomic mass is 79.9. The van der Waals surface area contributed by atoms with Crippen molar-refractivity contribution in [2.45, 2.75) is 50.6 Å². The van der Waals surface area contributed by atoms with Crippen molar-refractivity contribution < 1.29 is 19.5 Å². The number of unbranched alkanes of at least 4 members (excludes halogenated alkanes) is 2. The molecule has 2 heterocycles. The molecule has 2 N–H and O–H groups in total. The molecule has 1 aliphatic carbocycles. The third-order valence-electron chi connectivity index (χ3n) is 6.36. The maximum atomic E-state index is 13.0. The Balaban J connectivity index is 1.69. The SMILES string of the molecule is C=CCCCCN(C)C(=O)Cc1ccc(Br)nc1NC(=O)[C@@H]1C[C@@]2(C=C)C[C@H]2N1C(=O)O. The molecule has 1 aliphatic heterocycles. The number of piperidine rings is 1. The summed E-state index contributed by atoms with van der Waals surface area (Å²) in [6.45, 7) is 8.16. The fourth-order valence-electron chi connectivity index (χ4n) is 4.33. The van der Waals surface area contributed by atoms with Crippen molar-refractivity contribution >= 4 is 39.7 Å². The van der Waals surface area contributed by atoms with Crippen LogP contribution in [0.4, 0.5) is 10.6 Å². The number of halogens is 1. The van der Waals surface area contributed by atoms with Crippen molar-refractivity contribution in [2.75, 3.05) is 18.9 Å². The number of carbonyl (C=O) groups is 3. The molecule has 2 aliphatic rings. The molecule has 9 heteroatoms. The number of allylic oxidation sites excluding steroid dienone is 1. The van der Waals surface area contributed by atoms with Gasteiger partial charge in [0, 0.05) is 30.6 Å². The maximum Gasteiger partial charge on any atom is 0.408 e. The van der Waals surface area contributed by atoms with Crippen LogP contribution >= 0.6 is 15.9 Å². The molecule has 3 atom stereocenters. The van der Waals surface area contributed by atoms with Crippen LogP contribution in [0.1, 0.15) is 37.7 Å². The number of nitrogens with zero attached hydrogens (tertiary/aromatic N) is 3. The van der Waals surface area contributed by atoms with Gasteiger partial charge >= 0.3 is 6.09 Å². The van der Waals surface area contributed by atoms with Crippen molar-refractivity contribution in [3.8, 4) is 0 Å². The molecular formula is C23H29BrN4O4. The molecule has 3 amide bonds. The Bertz CT molecular complexity index is 937. The number of rotatable bonds is 10. The van der Waals surface area contributed by atoms with Crippen LogP contribution in [0.3, 0.4) is 0 Å². The zero-order valence-electron chi connectivity index (χ0n) is 18.2. The van der Waals surface area contributed by atoms with E-state index in [4.69, 9.17) is 0 Å². The van der Waals surface area contributed by atoms with Gasteiger partial charge in [0.15, 0.2) is 0 Å². The molecular weight excluding hydrogens is 476 g/mol. The van der Waals surface area contributed by atoms with Gasteiger partial charge in [-0.05, 0) is 54.1 Å². The summed E-state index contributed by atoms with van der Waals surface area (Å²) in [5.74, 6) is -0.266. The molecule has 1 saturated carbocycles. The first kappa shape index (κ1) is 24.0. The number of fused-ring (bicyclic) bond motifs is 1. The highest BCUT2D eigenvalue weighted by Gasteiger charge is 2.66. The lowest BCUT2D eigenvalue weighted by molar-refractivity contribution is -0.129. The number of likely N-dealkylation sites (tertiary alicyclic amines) is 1. The first-order valence-electron chi connectivity index (χ1n) is 10.7. The molecule has 0 spiro atoms. The van der Waals surface area contributed by atoms with Gasteiger partial charge in [0.25, 0.3) is 0 Å². The Labute approximate surface area is 196 Å². The van der Waals surface area contributed by atoms with Crippen molar-refractivity contribution in [1.29, 1.82) is 0 Å². The van der Waals surface area contributed by atoms with Gasteiger partial charge in [-0.2, -0.15) is 0 Å². The number of anilines is 1. The first-order chi connectivity index (χ1) is 15.2. The number of carboxylic acid groups (broad SMARTS) is 1. The number of amides is 3. The minimum absolute atomic E-state index is 0.0805. The molecule has 172 valence electrons. The van der Waals surface area contributed by atoms with E-state index in [0.29, 0.717) is 29.6 Å². The highest BCUT2D eigenvalue weighted by Crippen LogP contribution is 2.60. The fraction of sp³-hybridized carbons (Fsp3) is 0.478. The third kappa shape index (κ3) is 5.03. The van der Waals surface area contributed by atoms with Crippen molar-refractivity contribution in [1.82, 2.24) is 14.8 Å². The van der Waals surface area contributed by atoms with Crippen LogP contribution in [0.15, 0.2) is 42.0 Å². The van der Waals surface area contributed by atoms with Gasteiger partial charge in [-0.3, -0.25) is 14.5 Å². The Morgan fingerprint density at radius 3 is 2.75 bits per heavy atom. The molecule has 1 saturated heterocycles. The zero-order chi connectivity index (χ0) is 23.5. The molecule has 1 aromatic heterocycles. The van der Waals surface area contributed by atoms with E-state index < -0.39 is 18.0 Å². The average molecular weight is 505 g/mol. The lowest BCUT2D eigenvalue weighted by atomic mass is 9.99. The largest absolute Gasteiger partial charge is 0.465 e. The summed E-state index contributed by atoms with van der Waals surface area (Å²) in [5.41, 5.74) is 0.256. The zero-order valence-corrected chi connectivity index (χ0v) is 19.8. The van der Waals surface area contributed by atoms with Crippen molar-refractivity contribution in [2.24, 2.45) is 5.41 Å². The van der Waals surface area contributed by atoms with Crippen LogP contribution in [-0.4, -0.2) is 63.5 Å². The molecule has 0 aromatic carbocycles. The van der Waals surface area contributed by atoms with Gasteiger partial charge in [-0.15, -0.1) is 13.2 Å². The highest BCUT2D eigenvalue weighted by molar-refractivity contribution is 9.10. The summed E-state index contributed by atoms with van der Waals surface area (Å²) in [7, 11) is 1.76. The summed E-state index contributed by atoms with van der Waals surface area (Å²) in [4.78, 5) is 44.7.